The van der Waals surface area contributed by atoms with E-state index in [2.05, 4.69) is 36.9 Å². The maximum atomic E-state index is 11.2. The Bertz CT molecular complexity index is 657. The van der Waals surface area contributed by atoms with E-state index in [1.165, 1.54) is 10.3 Å². The number of para-hydroxylation sites is 1. The molecule has 0 atom stereocenters. The number of aromatic nitrogens is 1. The van der Waals surface area contributed by atoms with Gasteiger partial charge in [0.2, 0.25) is 5.91 Å². The molecule has 2 aromatic rings. The van der Waals surface area contributed by atoms with E-state index in [-0.39, 0.29) is 11.8 Å². The van der Waals surface area contributed by atoms with Crippen molar-refractivity contribution >= 4 is 32.6 Å². The minimum Gasteiger partial charge on any atom is -0.369 e. The fraction of sp³-hybridized carbons (Fsp3) is 0.500. The van der Waals surface area contributed by atoms with E-state index in [9.17, 15) is 4.79 Å². The second-order valence-corrected chi connectivity index (χ2v) is 7.02. The van der Waals surface area contributed by atoms with Crippen LogP contribution in [0.5, 0.6) is 0 Å². The topological polar surface area (TPSA) is 59.2 Å². The van der Waals surface area contributed by atoms with Gasteiger partial charge in [-0.1, -0.05) is 37.3 Å². The van der Waals surface area contributed by atoms with E-state index in [1.807, 2.05) is 0 Å². The first-order valence-corrected chi connectivity index (χ1v) is 8.31. The summed E-state index contributed by atoms with van der Waals surface area (Å²) in [5.41, 5.74) is 7.83. The second-order valence-electron chi connectivity index (χ2n) is 6.01. The number of amides is 1. The molecule has 1 fully saturated rings. The summed E-state index contributed by atoms with van der Waals surface area (Å²) in [5.74, 6) is 0.340. The van der Waals surface area contributed by atoms with Crippen LogP contribution in [0, 0.1) is 5.92 Å². The summed E-state index contributed by atoms with van der Waals surface area (Å²) < 4.78 is 1.24. The van der Waals surface area contributed by atoms with Crippen LogP contribution in [0.1, 0.15) is 38.2 Å². The number of benzene rings is 1. The molecule has 1 amide bonds. The number of primary amides is 1. The Morgan fingerprint density at radius 3 is 2.71 bits per heavy atom. The molecule has 1 aromatic carbocycles. The Hall–Kier alpha value is -1.62. The van der Waals surface area contributed by atoms with E-state index in [1.54, 1.807) is 11.3 Å². The van der Waals surface area contributed by atoms with Crippen molar-refractivity contribution in [3.05, 3.63) is 23.8 Å². The van der Waals surface area contributed by atoms with Gasteiger partial charge in [0.05, 0.1) is 10.2 Å². The Kier molecular flexibility index (Phi) is 3.85. The van der Waals surface area contributed by atoms with Gasteiger partial charge in [0, 0.05) is 19.0 Å². The lowest BCUT2D eigenvalue weighted by molar-refractivity contribution is -0.122. The average molecular weight is 303 g/mol. The van der Waals surface area contributed by atoms with E-state index in [0.717, 1.165) is 36.6 Å². The molecule has 0 unspecified atom stereocenters. The number of piperidine rings is 1. The molecule has 3 rings (SSSR count). The summed E-state index contributed by atoms with van der Waals surface area (Å²) in [7, 11) is 0. The number of thiazole rings is 1. The van der Waals surface area contributed by atoms with Crippen LogP contribution in [0.3, 0.4) is 0 Å². The number of carbonyl (C=O) groups excluding carboxylic acids is 1. The smallest absolute Gasteiger partial charge is 0.220 e. The summed E-state index contributed by atoms with van der Waals surface area (Å²) in [5, 5.41) is 1.07. The lowest BCUT2D eigenvalue weighted by Gasteiger charge is -2.30. The molecule has 1 aromatic heterocycles. The fourth-order valence-electron chi connectivity index (χ4n) is 2.91. The first-order valence-electron chi connectivity index (χ1n) is 7.50. The summed E-state index contributed by atoms with van der Waals surface area (Å²) in [6.07, 6.45) is 1.67. The molecular formula is C16H21N3OS. The van der Waals surface area contributed by atoms with Gasteiger partial charge >= 0.3 is 0 Å². The molecule has 1 saturated heterocycles. The van der Waals surface area contributed by atoms with E-state index in [0.29, 0.717) is 5.92 Å². The molecule has 0 bridgehead atoms. The Labute approximate surface area is 129 Å². The number of hydrogen-bond donors (Lipinski definition) is 1. The Morgan fingerprint density at radius 1 is 1.38 bits per heavy atom. The second kappa shape index (κ2) is 5.64. The first-order chi connectivity index (χ1) is 10.1. The average Bonchev–Trinajstić information content (AvgIpc) is 2.90. The van der Waals surface area contributed by atoms with Gasteiger partial charge < -0.3 is 10.6 Å². The lowest BCUT2D eigenvalue weighted by atomic mass is 9.97. The van der Waals surface area contributed by atoms with Crippen molar-refractivity contribution in [1.29, 1.82) is 0 Å². The maximum absolute atomic E-state index is 11.2. The molecule has 0 spiro atoms. The molecule has 2 heterocycles. The number of rotatable bonds is 3. The molecule has 0 aliphatic carbocycles. The van der Waals surface area contributed by atoms with Crippen LogP contribution in [-0.2, 0) is 4.79 Å². The number of anilines is 1. The first kappa shape index (κ1) is 14.3. The summed E-state index contributed by atoms with van der Waals surface area (Å²) in [6, 6.07) is 6.41. The van der Waals surface area contributed by atoms with Gasteiger partial charge in [0.15, 0.2) is 5.13 Å². The Balaban J connectivity index is 1.86. The third-order valence-electron chi connectivity index (χ3n) is 4.23. The van der Waals surface area contributed by atoms with Gasteiger partial charge in [-0.25, -0.2) is 4.98 Å². The summed E-state index contributed by atoms with van der Waals surface area (Å²) >= 11 is 1.74. The van der Waals surface area contributed by atoms with Crippen molar-refractivity contribution in [1.82, 2.24) is 4.98 Å². The van der Waals surface area contributed by atoms with E-state index >= 15 is 0 Å². The van der Waals surface area contributed by atoms with Gasteiger partial charge in [-0.3, -0.25) is 4.79 Å². The normalized spacial score (nSPS) is 16.8. The van der Waals surface area contributed by atoms with Gasteiger partial charge in [-0.05, 0) is 30.4 Å². The number of nitrogens with zero attached hydrogens (tertiary/aromatic N) is 2. The van der Waals surface area contributed by atoms with Gasteiger partial charge in [0.25, 0.3) is 0 Å². The van der Waals surface area contributed by atoms with Crippen LogP contribution in [0.15, 0.2) is 18.2 Å². The SMILES string of the molecule is CC(C)c1cccc2sc(N3CCC(C(N)=O)CC3)nc12. The van der Waals surface area contributed by atoms with Crippen LogP contribution in [-0.4, -0.2) is 24.0 Å². The standard InChI is InChI=1S/C16H21N3OS/c1-10(2)12-4-3-5-13-14(12)18-16(21-13)19-8-6-11(7-9-19)15(17)20/h3-5,10-11H,6-9H2,1-2H3,(H2,17,20). The lowest BCUT2D eigenvalue weighted by Crippen LogP contribution is -2.38. The molecule has 2 N–H and O–H groups in total. The predicted molar refractivity (Wildman–Crippen MR) is 87.8 cm³/mol. The minimum atomic E-state index is -0.166. The zero-order valence-corrected chi connectivity index (χ0v) is 13.3. The molecule has 4 nitrogen and oxygen atoms in total. The molecule has 5 heteroatoms. The number of hydrogen-bond acceptors (Lipinski definition) is 4. The molecule has 1 aliphatic rings. The number of carbonyl (C=O) groups is 1. The molecule has 21 heavy (non-hydrogen) atoms. The highest BCUT2D eigenvalue weighted by Gasteiger charge is 2.25. The number of nitrogens with two attached hydrogens (primary N) is 1. The molecular weight excluding hydrogens is 282 g/mol. The third kappa shape index (κ3) is 2.75. The third-order valence-corrected chi connectivity index (χ3v) is 5.31. The summed E-state index contributed by atoms with van der Waals surface area (Å²) in [4.78, 5) is 18.4. The molecule has 0 saturated carbocycles. The predicted octanol–water partition coefficient (Wildman–Crippen LogP) is 3.12. The van der Waals surface area contributed by atoms with Crippen LogP contribution >= 0.6 is 11.3 Å². The Morgan fingerprint density at radius 2 is 2.10 bits per heavy atom. The fourth-order valence-corrected chi connectivity index (χ4v) is 3.97. The molecule has 0 radical (unpaired) electrons. The van der Waals surface area contributed by atoms with Crippen molar-refractivity contribution in [3.63, 3.8) is 0 Å². The molecule has 112 valence electrons. The van der Waals surface area contributed by atoms with Crippen molar-refractivity contribution in [2.24, 2.45) is 11.7 Å². The van der Waals surface area contributed by atoms with Gasteiger partial charge in [-0.2, -0.15) is 0 Å². The van der Waals surface area contributed by atoms with Crippen molar-refractivity contribution in [3.8, 4) is 0 Å². The van der Waals surface area contributed by atoms with Crippen LogP contribution in [0.4, 0.5) is 5.13 Å². The van der Waals surface area contributed by atoms with Crippen molar-refractivity contribution in [2.75, 3.05) is 18.0 Å². The minimum absolute atomic E-state index is 0.0295. The van der Waals surface area contributed by atoms with Crippen LogP contribution in [0.25, 0.3) is 10.2 Å². The highest BCUT2D eigenvalue weighted by atomic mass is 32.1. The molecule has 1 aliphatic heterocycles. The van der Waals surface area contributed by atoms with Crippen LogP contribution in [0.2, 0.25) is 0 Å². The van der Waals surface area contributed by atoms with Gasteiger partial charge in [0.1, 0.15) is 0 Å². The summed E-state index contributed by atoms with van der Waals surface area (Å²) in [6.45, 7) is 6.13. The monoisotopic (exact) mass is 303 g/mol. The quantitative estimate of drug-likeness (QED) is 0.947. The highest BCUT2D eigenvalue weighted by Crippen LogP contribution is 2.34. The zero-order valence-electron chi connectivity index (χ0n) is 12.5. The maximum Gasteiger partial charge on any atom is 0.220 e. The van der Waals surface area contributed by atoms with E-state index < -0.39 is 0 Å². The largest absolute Gasteiger partial charge is 0.369 e. The zero-order chi connectivity index (χ0) is 15.0. The van der Waals surface area contributed by atoms with Crippen LogP contribution < -0.4 is 10.6 Å². The van der Waals surface area contributed by atoms with Crippen molar-refractivity contribution in [2.45, 2.75) is 32.6 Å². The van der Waals surface area contributed by atoms with Crippen molar-refractivity contribution < 1.29 is 4.79 Å². The van der Waals surface area contributed by atoms with Gasteiger partial charge in [-0.15, -0.1) is 0 Å². The van der Waals surface area contributed by atoms with E-state index in [4.69, 9.17) is 10.7 Å². The highest BCUT2D eigenvalue weighted by molar-refractivity contribution is 7.22. The number of fused-ring (bicyclic) bond motifs is 1.